The van der Waals surface area contributed by atoms with E-state index >= 15 is 0 Å². The van der Waals surface area contributed by atoms with Crippen LogP contribution in [0.15, 0.2) is 103 Å². The number of aromatic nitrogens is 2. The Morgan fingerprint density at radius 2 is 1.37 bits per heavy atom. The van der Waals surface area contributed by atoms with Crippen LogP contribution in [0.3, 0.4) is 0 Å². The average molecular weight is 835 g/mol. The largest absolute Gasteiger partial charge is 0.512 e. The van der Waals surface area contributed by atoms with Gasteiger partial charge in [-0.2, -0.15) is 10.2 Å². The van der Waals surface area contributed by atoms with E-state index < -0.39 is 6.85 Å². The Balaban J connectivity index is 0.000000389. The zero-order chi connectivity index (χ0) is 37.3. The zero-order valence-electron chi connectivity index (χ0n) is 32.8. The van der Waals surface area contributed by atoms with Crippen LogP contribution < -0.4 is 0 Å². The van der Waals surface area contributed by atoms with Gasteiger partial charge in [-0.05, 0) is 60.2 Å². The molecule has 0 spiro atoms. The van der Waals surface area contributed by atoms with Gasteiger partial charge >= 0.3 is 0 Å². The SMILES string of the molecule is CCC(CC)C(=O)/C=C(\O)C(CC)CC.[2H]C([2H])([2H])c1nnc(-c2[c-]c3ccccc3c(C(C)(C)C)c2)cc1-c1ccc(-c2ccccc2)cc1.[Ir]. The van der Waals surface area contributed by atoms with Gasteiger partial charge in [0.05, 0.1) is 11.5 Å². The van der Waals surface area contributed by atoms with Crippen LogP contribution in [0.4, 0.5) is 0 Å². The number of ketones is 1. The van der Waals surface area contributed by atoms with Crippen LogP contribution in [-0.2, 0) is 30.3 Å². The molecular weight excluding hydrogens is 781 g/mol. The van der Waals surface area contributed by atoms with E-state index in [1.807, 2.05) is 94.4 Å². The molecule has 0 aliphatic carbocycles. The molecule has 0 aliphatic heterocycles. The quantitative estimate of drug-likeness (QED) is 0.0865. The molecule has 5 rings (SSSR count). The molecule has 0 fully saturated rings. The molecule has 0 saturated carbocycles. The standard InChI is InChI=1S/C31H27N2.C13H24O2.Ir/c1-21-28(24-16-14-23(15-17-24)22-10-6-5-7-11-22)20-30(33-32-21)26-18-25-12-8-9-13-27(25)29(19-26)31(2,3)4;1-5-10(6-2)12(14)9-13(15)11(7-3)8-4;/h5-17,19-20H,1-4H3;9-11,14H,5-8H2,1-4H3;/q-1;;/b;12-9-;/i1D3;;. The molecule has 259 valence electrons. The van der Waals surface area contributed by atoms with Crippen molar-refractivity contribution in [1.29, 1.82) is 0 Å². The molecule has 1 N–H and O–H groups in total. The third-order valence-electron chi connectivity index (χ3n) is 9.04. The Morgan fingerprint density at radius 1 is 0.796 bits per heavy atom. The Bertz CT molecular complexity index is 1940. The summed E-state index contributed by atoms with van der Waals surface area (Å²) in [6.45, 7) is 12.2. The zero-order valence-corrected chi connectivity index (χ0v) is 32.2. The van der Waals surface area contributed by atoms with Crippen LogP contribution in [0.25, 0.3) is 44.3 Å². The molecule has 0 atom stereocenters. The number of aliphatic hydroxyl groups excluding tert-OH is 1. The number of carbonyl (C=O) groups excluding carboxylic acids is 1. The van der Waals surface area contributed by atoms with Crippen LogP contribution in [-0.4, -0.2) is 21.1 Å². The summed E-state index contributed by atoms with van der Waals surface area (Å²) in [4.78, 5) is 11.7. The number of aliphatic hydroxyl groups is 1. The maximum absolute atomic E-state index is 11.7. The fourth-order valence-electron chi connectivity index (χ4n) is 5.98. The molecule has 0 unspecified atom stereocenters. The monoisotopic (exact) mass is 835 g/mol. The van der Waals surface area contributed by atoms with E-state index in [1.165, 1.54) is 11.6 Å². The molecule has 4 nitrogen and oxygen atoms in total. The van der Waals surface area contributed by atoms with Crippen LogP contribution in [0, 0.1) is 24.8 Å². The summed E-state index contributed by atoms with van der Waals surface area (Å²) in [7, 11) is 0. The van der Waals surface area contributed by atoms with Gasteiger partial charge in [0.25, 0.3) is 0 Å². The van der Waals surface area contributed by atoms with E-state index in [0.717, 1.165) is 58.7 Å². The summed E-state index contributed by atoms with van der Waals surface area (Å²) in [5, 5.41) is 20.5. The van der Waals surface area contributed by atoms with Crippen LogP contribution >= 0.6 is 0 Å². The minimum absolute atomic E-state index is 0. The first kappa shape index (κ1) is 34.9. The first-order valence-electron chi connectivity index (χ1n) is 18.7. The summed E-state index contributed by atoms with van der Waals surface area (Å²) in [6.07, 6.45) is 4.91. The molecule has 0 amide bonds. The van der Waals surface area contributed by atoms with Gasteiger partial charge in [-0.25, -0.2) is 0 Å². The van der Waals surface area contributed by atoms with Gasteiger partial charge in [0.2, 0.25) is 0 Å². The van der Waals surface area contributed by atoms with Gasteiger partial charge in [0.1, 0.15) is 0 Å². The number of nitrogens with zero attached hydrogens (tertiary/aromatic N) is 2. The van der Waals surface area contributed by atoms with Crippen molar-refractivity contribution < 1.29 is 34.1 Å². The summed E-state index contributed by atoms with van der Waals surface area (Å²) in [5.74, 6) is 0.547. The Hall–Kier alpha value is -3.92. The molecule has 1 aromatic heterocycles. The van der Waals surface area contributed by atoms with Crippen molar-refractivity contribution >= 4 is 16.6 Å². The molecule has 4 aromatic carbocycles. The van der Waals surface area contributed by atoms with Crippen molar-refractivity contribution in [2.24, 2.45) is 11.8 Å². The third kappa shape index (κ3) is 10.1. The first-order valence-corrected chi connectivity index (χ1v) is 17.2. The van der Waals surface area contributed by atoms with Gasteiger partial charge in [-0.15, -0.1) is 29.1 Å². The molecule has 0 aliphatic rings. The molecule has 5 heteroatoms. The van der Waals surface area contributed by atoms with Crippen molar-refractivity contribution in [2.45, 2.75) is 86.4 Å². The molecule has 0 bridgehead atoms. The Labute approximate surface area is 311 Å². The molecule has 49 heavy (non-hydrogen) atoms. The van der Waals surface area contributed by atoms with Crippen LogP contribution in [0.1, 0.15) is 89.5 Å². The number of rotatable bonds is 10. The summed E-state index contributed by atoms with van der Waals surface area (Å²) < 4.78 is 24.2. The van der Waals surface area contributed by atoms with E-state index in [9.17, 15) is 9.90 Å². The normalized spacial score (nSPS) is 12.8. The fourth-order valence-corrected chi connectivity index (χ4v) is 5.98. The van der Waals surface area contributed by atoms with Gasteiger partial charge in [0.15, 0.2) is 5.78 Å². The van der Waals surface area contributed by atoms with E-state index in [4.69, 9.17) is 4.11 Å². The van der Waals surface area contributed by atoms with Gasteiger partial charge in [-0.1, -0.05) is 138 Å². The van der Waals surface area contributed by atoms with Crippen molar-refractivity contribution in [1.82, 2.24) is 10.2 Å². The van der Waals surface area contributed by atoms with E-state index in [-0.39, 0.29) is 54.6 Å². The Kier molecular flexibility index (Phi) is 13.0. The summed E-state index contributed by atoms with van der Waals surface area (Å²) in [5.41, 5.74) is 5.99. The van der Waals surface area contributed by atoms with Crippen molar-refractivity contribution in [3.05, 3.63) is 120 Å². The smallest absolute Gasteiger partial charge is 0.162 e. The number of fused-ring (bicyclic) bond motifs is 1. The minimum atomic E-state index is -2.39. The van der Waals surface area contributed by atoms with Crippen LogP contribution in [0.2, 0.25) is 0 Å². The average Bonchev–Trinajstić information content (AvgIpc) is 3.12. The number of aryl methyl sites for hydroxylation is 1. The van der Waals surface area contributed by atoms with E-state index in [2.05, 4.69) is 61.3 Å². The van der Waals surface area contributed by atoms with Crippen molar-refractivity contribution in [3.63, 3.8) is 0 Å². The predicted molar refractivity (Wildman–Crippen MR) is 202 cm³/mol. The number of benzene rings is 4. The maximum Gasteiger partial charge on any atom is 0.162 e. The number of hydrogen-bond donors (Lipinski definition) is 1. The molecule has 1 radical (unpaired) electrons. The molecular formula is C44H51IrN2O2-. The van der Waals surface area contributed by atoms with E-state index in [1.54, 1.807) is 0 Å². The van der Waals surface area contributed by atoms with Gasteiger partial charge < -0.3 is 5.11 Å². The first-order chi connectivity index (χ1) is 24.2. The Morgan fingerprint density at radius 3 is 1.96 bits per heavy atom. The summed E-state index contributed by atoms with van der Waals surface area (Å²) in [6, 6.07) is 33.6. The maximum atomic E-state index is 11.7. The predicted octanol–water partition coefficient (Wildman–Crippen LogP) is 11.9. The van der Waals surface area contributed by atoms with Gasteiger partial charge in [0, 0.05) is 47.8 Å². The fraction of sp³-hybridized carbons (Fsp3) is 0.341. The number of carbonyl (C=O) groups is 1. The second-order valence-corrected chi connectivity index (χ2v) is 13.3. The second kappa shape index (κ2) is 18.2. The molecule has 1 heterocycles. The van der Waals surface area contributed by atoms with Crippen LogP contribution in [0.5, 0.6) is 0 Å². The topological polar surface area (TPSA) is 63.1 Å². The van der Waals surface area contributed by atoms with Gasteiger partial charge in [-0.3, -0.25) is 4.79 Å². The molecule has 5 aromatic rings. The molecule has 0 saturated heterocycles. The van der Waals surface area contributed by atoms with E-state index in [0.29, 0.717) is 11.3 Å². The van der Waals surface area contributed by atoms with Crippen molar-refractivity contribution in [2.75, 3.05) is 0 Å². The third-order valence-corrected chi connectivity index (χ3v) is 9.04. The number of allylic oxidation sites excluding steroid dienone is 2. The van der Waals surface area contributed by atoms with Crippen molar-refractivity contribution in [3.8, 4) is 33.5 Å². The second-order valence-electron chi connectivity index (χ2n) is 13.3. The number of hydrogen-bond acceptors (Lipinski definition) is 4. The minimum Gasteiger partial charge on any atom is -0.512 e. The summed E-state index contributed by atoms with van der Waals surface area (Å²) >= 11 is 0.